The lowest BCUT2D eigenvalue weighted by molar-refractivity contribution is -0.186. The van der Waals surface area contributed by atoms with Gasteiger partial charge < -0.3 is 9.80 Å². The van der Waals surface area contributed by atoms with Crippen LogP contribution < -0.4 is 0 Å². The van der Waals surface area contributed by atoms with Gasteiger partial charge in [0.25, 0.3) is 0 Å². The predicted molar refractivity (Wildman–Crippen MR) is 83.0 cm³/mol. The zero-order valence-electron chi connectivity index (χ0n) is 13.9. The summed E-state index contributed by atoms with van der Waals surface area (Å²) in [6, 6.07) is 8.63. The topological polar surface area (TPSA) is 40.6 Å². The highest BCUT2D eigenvalue weighted by Crippen LogP contribution is 2.32. The maximum atomic E-state index is 12.6. The van der Waals surface area contributed by atoms with E-state index in [1.54, 1.807) is 11.8 Å². The van der Waals surface area contributed by atoms with E-state index in [9.17, 15) is 22.8 Å². The average molecular weight is 342 g/mol. The van der Waals surface area contributed by atoms with Crippen LogP contribution in [-0.4, -0.2) is 47.4 Å². The highest BCUT2D eigenvalue weighted by atomic mass is 19.4. The van der Waals surface area contributed by atoms with Crippen LogP contribution in [0.4, 0.5) is 13.2 Å². The van der Waals surface area contributed by atoms with Gasteiger partial charge in [-0.1, -0.05) is 30.3 Å². The minimum atomic E-state index is -4.90. The van der Waals surface area contributed by atoms with Crippen LogP contribution in [0.15, 0.2) is 30.3 Å². The van der Waals surface area contributed by atoms with Gasteiger partial charge in [0.15, 0.2) is 0 Å². The van der Waals surface area contributed by atoms with Crippen molar-refractivity contribution in [1.29, 1.82) is 0 Å². The van der Waals surface area contributed by atoms with Crippen LogP contribution in [-0.2, 0) is 9.59 Å². The summed E-state index contributed by atoms with van der Waals surface area (Å²) in [7, 11) is 1.13. The molecule has 0 spiro atoms. The molecule has 0 aliphatic carbocycles. The van der Waals surface area contributed by atoms with Gasteiger partial charge >= 0.3 is 12.1 Å². The standard InChI is InChI=1S/C17H21F3N2O2/c1-11(21(3)16(24)17(18,19)20)14-9-15(23)22(10-14)12(2)13-7-5-4-6-8-13/h4-8,11-12,14H,9-10H2,1-3H3/t11-,12-,14+/m1/s1. The number of carbonyl (C=O) groups excluding carboxylic acids is 2. The summed E-state index contributed by atoms with van der Waals surface area (Å²) < 4.78 is 37.7. The second kappa shape index (κ2) is 6.83. The van der Waals surface area contributed by atoms with E-state index in [0.29, 0.717) is 11.4 Å². The van der Waals surface area contributed by atoms with Crippen LogP contribution in [0.5, 0.6) is 0 Å². The van der Waals surface area contributed by atoms with E-state index in [-0.39, 0.29) is 24.3 Å². The monoisotopic (exact) mass is 342 g/mol. The molecule has 1 fully saturated rings. The van der Waals surface area contributed by atoms with E-state index in [4.69, 9.17) is 0 Å². The first-order valence-corrected chi connectivity index (χ1v) is 7.81. The number of nitrogens with zero attached hydrogens (tertiary/aromatic N) is 2. The number of hydrogen-bond acceptors (Lipinski definition) is 2. The highest BCUT2D eigenvalue weighted by molar-refractivity contribution is 5.82. The van der Waals surface area contributed by atoms with Gasteiger partial charge in [-0.25, -0.2) is 0 Å². The van der Waals surface area contributed by atoms with Crippen molar-refractivity contribution >= 4 is 11.8 Å². The van der Waals surface area contributed by atoms with Crippen LogP contribution in [0.25, 0.3) is 0 Å². The first-order chi connectivity index (χ1) is 11.1. The molecule has 2 rings (SSSR count). The van der Waals surface area contributed by atoms with E-state index >= 15 is 0 Å². The lowest BCUT2D eigenvalue weighted by Crippen LogP contribution is -2.46. The van der Waals surface area contributed by atoms with Gasteiger partial charge in [0.1, 0.15) is 0 Å². The van der Waals surface area contributed by atoms with Crippen molar-refractivity contribution in [2.24, 2.45) is 5.92 Å². The van der Waals surface area contributed by atoms with Gasteiger partial charge in [-0.15, -0.1) is 0 Å². The Morgan fingerprint density at radius 3 is 2.38 bits per heavy atom. The maximum Gasteiger partial charge on any atom is 0.471 e. The van der Waals surface area contributed by atoms with Crippen LogP contribution >= 0.6 is 0 Å². The van der Waals surface area contributed by atoms with Crippen LogP contribution in [0.3, 0.4) is 0 Å². The third-order valence-corrected chi connectivity index (χ3v) is 4.79. The quantitative estimate of drug-likeness (QED) is 0.844. The van der Waals surface area contributed by atoms with Gasteiger partial charge in [0, 0.05) is 32.0 Å². The normalized spacial score (nSPS) is 20.8. The van der Waals surface area contributed by atoms with Gasteiger partial charge in [0.05, 0.1) is 6.04 Å². The van der Waals surface area contributed by atoms with E-state index in [1.807, 2.05) is 37.3 Å². The molecule has 0 aromatic heterocycles. The number of carbonyl (C=O) groups is 2. The minimum absolute atomic E-state index is 0.101. The zero-order valence-corrected chi connectivity index (χ0v) is 13.9. The van der Waals surface area contributed by atoms with Crippen molar-refractivity contribution in [2.75, 3.05) is 13.6 Å². The van der Waals surface area contributed by atoms with Crippen LogP contribution in [0, 0.1) is 5.92 Å². The average Bonchev–Trinajstić information content (AvgIpc) is 2.93. The van der Waals surface area contributed by atoms with E-state index in [2.05, 4.69) is 0 Å². The van der Waals surface area contributed by atoms with Crippen molar-refractivity contribution in [1.82, 2.24) is 9.80 Å². The third-order valence-electron chi connectivity index (χ3n) is 4.79. The third kappa shape index (κ3) is 3.71. The molecule has 1 saturated heterocycles. The van der Waals surface area contributed by atoms with E-state index in [1.165, 1.54) is 0 Å². The first kappa shape index (κ1) is 18.3. The molecular weight excluding hydrogens is 321 g/mol. The molecule has 4 nitrogen and oxygen atoms in total. The largest absolute Gasteiger partial charge is 0.471 e. The SMILES string of the molecule is C[C@H]([C@H]1CC(=O)N([C@H](C)c2ccccc2)C1)N(C)C(=O)C(F)(F)F. The maximum absolute atomic E-state index is 12.6. The molecule has 0 N–H and O–H groups in total. The smallest absolute Gasteiger partial charge is 0.336 e. The van der Waals surface area contributed by atoms with Gasteiger partial charge in [-0.05, 0) is 19.4 Å². The molecular formula is C17H21F3N2O2. The summed E-state index contributed by atoms with van der Waals surface area (Å²) in [5, 5.41) is 0. The van der Waals surface area contributed by atoms with Gasteiger partial charge in [-0.3, -0.25) is 9.59 Å². The Balaban J connectivity index is 2.07. The van der Waals surface area contributed by atoms with E-state index < -0.39 is 18.1 Å². The number of likely N-dealkylation sites (tertiary alicyclic amines) is 1. The number of rotatable bonds is 4. The molecule has 132 valence electrons. The van der Waals surface area contributed by atoms with Crippen LogP contribution in [0.1, 0.15) is 31.9 Å². The van der Waals surface area contributed by atoms with E-state index in [0.717, 1.165) is 12.6 Å². The molecule has 0 radical (unpaired) electrons. The highest BCUT2D eigenvalue weighted by Gasteiger charge is 2.45. The predicted octanol–water partition coefficient (Wildman–Crippen LogP) is 3.01. The fourth-order valence-electron chi connectivity index (χ4n) is 3.07. The second-order valence-electron chi connectivity index (χ2n) is 6.25. The molecule has 1 aromatic rings. The molecule has 1 aliphatic rings. The van der Waals surface area contributed by atoms with Crippen molar-refractivity contribution in [2.45, 2.75) is 38.5 Å². The second-order valence-corrected chi connectivity index (χ2v) is 6.25. The Hall–Kier alpha value is -2.05. The van der Waals surface area contributed by atoms with Gasteiger partial charge in [-0.2, -0.15) is 13.2 Å². The minimum Gasteiger partial charge on any atom is -0.336 e. The van der Waals surface area contributed by atoms with Crippen molar-refractivity contribution in [3.63, 3.8) is 0 Å². The molecule has 3 atom stereocenters. The Labute approximate surface area is 139 Å². The first-order valence-electron chi connectivity index (χ1n) is 7.81. The molecule has 1 aliphatic heterocycles. The number of hydrogen-bond donors (Lipinski definition) is 0. The number of halogens is 3. The van der Waals surface area contributed by atoms with Crippen LogP contribution in [0.2, 0.25) is 0 Å². The Kier molecular flexibility index (Phi) is 5.20. The lowest BCUT2D eigenvalue weighted by atomic mass is 9.99. The summed E-state index contributed by atoms with van der Waals surface area (Å²) in [5.41, 5.74) is 0.971. The number of benzene rings is 1. The van der Waals surface area contributed by atoms with Crippen molar-refractivity contribution in [3.05, 3.63) is 35.9 Å². The molecule has 0 unspecified atom stereocenters. The fraction of sp³-hybridized carbons (Fsp3) is 0.529. The lowest BCUT2D eigenvalue weighted by Gasteiger charge is -2.31. The molecule has 7 heteroatoms. The summed E-state index contributed by atoms with van der Waals surface area (Å²) in [4.78, 5) is 26.0. The summed E-state index contributed by atoms with van der Waals surface area (Å²) in [6.07, 6.45) is -4.75. The molecule has 2 amide bonds. The molecule has 1 aromatic carbocycles. The molecule has 0 saturated carbocycles. The summed E-state index contributed by atoms with van der Waals surface area (Å²) in [6.45, 7) is 3.79. The number of alkyl halides is 3. The van der Waals surface area contributed by atoms with Gasteiger partial charge in [0.2, 0.25) is 5.91 Å². The molecule has 1 heterocycles. The summed E-state index contributed by atoms with van der Waals surface area (Å²) in [5.74, 6) is -2.30. The number of amides is 2. The molecule has 24 heavy (non-hydrogen) atoms. The van der Waals surface area contributed by atoms with Crippen molar-refractivity contribution in [3.8, 4) is 0 Å². The summed E-state index contributed by atoms with van der Waals surface area (Å²) >= 11 is 0. The Morgan fingerprint density at radius 2 is 1.83 bits per heavy atom. The fourth-order valence-corrected chi connectivity index (χ4v) is 3.07. The van der Waals surface area contributed by atoms with Crippen molar-refractivity contribution < 1.29 is 22.8 Å². The Morgan fingerprint density at radius 1 is 1.25 bits per heavy atom. The Bertz CT molecular complexity index is 604. The molecule has 0 bridgehead atoms. The zero-order chi connectivity index (χ0) is 18.1.